The van der Waals surface area contributed by atoms with Crippen LogP contribution in [0.5, 0.6) is 11.5 Å². The Hall–Kier alpha value is -2.82. The fourth-order valence-electron chi connectivity index (χ4n) is 2.81. The largest absolute Gasteiger partial charge is 0.496 e. The zero-order valence-corrected chi connectivity index (χ0v) is 17.0. The zero-order chi connectivity index (χ0) is 20.1. The lowest BCUT2D eigenvalue weighted by Crippen LogP contribution is -2.18. The molecule has 2 aromatic rings. The number of ether oxygens (including phenoxy) is 2. The van der Waals surface area contributed by atoms with Crippen molar-refractivity contribution in [2.45, 2.75) is 45.6 Å². The van der Waals surface area contributed by atoms with Gasteiger partial charge in [-0.05, 0) is 59.7 Å². The molecule has 0 heterocycles. The van der Waals surface area contributed by atoms with E-state index in [1.54, 1.807) is 13.3 Å². The highest BCUT2D eigenvalue weighted by Gasteiger charge is 2.29. The molecule has 3 rings (SSSR count). The van der Waals surface area contributed by atoms with Gasteiger partial charge in [0.1, 0.15) is 18.1 Å². The van der Waals surface area contributed by atoms with E-state index in [0.29, 0.717) is 6.61 Å². The first kappa shape index (κ1) is 19.9. The lowest BCUT2D eigenvalue weighted by molar-refractivity contribution is -0.122. The average Bonchev–Trinajstić information content (AvgIpc) is 3.51. The maximum absolute atomic E-state index is 11.6. The summed E-state index contributed by atoms with van der Waals surface area (Å²) in [5.74, 6) is 1.70. The summed E-state index contributed by atoms with van der Waals surface area (Å²) in [6.45, 7) is 6.95. The molecule has 0 aliphatic heterocycles. The van der Waals surface area contributed by atoms with Crippen LogP contribution in [-0.4, -0.2) is 19.2 Å². The van der Waals surface area contributed by atoms with Crippen molar-refractivity contribution < 1.29 is 14.3 Å². The van der Waals surface area contributed by atoms with Crippen LogP contribution in [0, 0.1) is 5.92 Å². The van der Waals surface area contributed by atoms with E-state index >= 15 is 0 Å². The molecule has 1 fully saturated rings. The Morgan fingerprint density at radius 3 is 2.50 bits per heavy atom. The fourth-order valence-corrected chi connectivity index (χ4v) is 2.81. The average molecular weight is 380 g/mol. The smallest absolute Gasteiger partial charge is 0.243 e. The van der Waals surface area contributed by atoms with Crippen LogP contribution in [0.25, 0.3) is 0 Å². The van der Waals surface area contributed by atoms with Gasteiger partial charge in [-0.15, -0.1) is 0 Å². The quantitative estimate of drug-likeness (QED) is 0.571. The minimum Gasteiger partial charge on any atom is -0.496 e. The molecule has 0 saturated heterocycles. The van der Waals surface area contributed by atoms with Crippen molar-refractivity contribution in [2.75, 3.05) is 7.11 Å². The molecule has 148 valence electrons. The van der Waals surface area contributed by atoms with Crippen molar-refractivity contribution in [3.05, 3.63) is 59.2 Å². The number of nitrogens with one attached hydrogen (secondary N) is 1. The number of carbonyl (C=O) groups is 1. The summed E-state index contributed by atoms with van der Waals surface area (Å²) < 4.78 is 11.4. The number of rotatable bonds is 7. The van der Waals surface area contributed by atoms with Crippen LogP contribution in [0.1, 0.15) is 50.3 Å². The normalized spacial score (nSPS) is 14.1. The highest BCUT2D eigenvalue weighted by atomic mass is 16.5. The molecule has 5 nitrogen and oxygen atoms in total. The van der Waals surface area contributed by atoms with Crippen molar-refractivity contribution in [1.82, 2.24) is 5.43 Å². The SMILES string of the molecule is COc1ccc(C=NNC(=O)C2CC2)cc1COc1ccc(C(C)(C)C)cc1. The summed E-state index contributed by atoms with van der Waals surface area (Å²) in [4.78, 5) is 11.6. The lowest BCUT2D eigenvalue weighted by Gasteiger charge is -2.19. The second-order valence-electron chi connectivity index (χ2n) is 8.14. The number of nitrogens with zero attached hydrogens (tertiary/aromatic N) is 1. The van der Waals surface area contributed by atoms with E-state index in [1.807, 2.05) is 30.3 Å². The summed E-state index contributed by atoms with van der Waals surface area (Å²) in [7, 11) is 1.64. The van der Waals surface area contributed by atoms with E-state index in [9.17, 15) is 4.79 Å². The molecule has 0 atom stereocenters. The Bertz CT molecular complexity index is 847. The standard InChI is InChI=1S/C23H28N2O3/c1-23(2,3)19-8-10-20(11-9-19)28-15-18-13-16(5-12-21(18)27-4)14-24-25-22(26)17-6-7-17/h5,8-14,17H,6-7,15H2,1-4H3,(H,25,26). The van der Waals surface area contributed by atoms with Gasteiger partial charge >= 0.3 is 0 Å². The fraction of sp³-hybridized carbons (Fsp3) is 0.391. The van der Waals surface area contributed by atoms with Gasteiger partial charge in [-0.3, -0.25) is 4.79 Å². The van der Waals surface area contributed by atoms with Crippen molar-refractivity contribution in [2.24, 2.45) is 11.0 Å². The van der Waals surface area contributed by atoms with Gasteiger partial charge in [0.15, 0.2) is 0 Å². The first-order valence-electron chi connectivity index (χ1n) is 9.60. The van der Waals surface area contributed by atoms with Gasteiger partial charge in [0.25, 0.3) is 0 Å². The zero-order valence-electron chi connectivity index (χ0n) is 17.0. The molecule has 1 aliphatic rings. The molecular weight excluding hydrogens is 352 g/mol. The monoisotopic (exact) mass is 380 g/mol. The van der Waals surface area contributed by atoms with E-state index < -0.39 is 0 Å². The maximum Gasteiger partial charge on any atom is 0.243 e. The molecule has 0 unspecified atom stereocenters. The van der Waals surface area contributed by atoms with Crippen LogP contribution in [0.15, 0.2) is 47.6 Å². The van der Waals surface area contributed by atoms with Crippen molar-refractivity contribution >= 4 is 12.1 Å². The third-order valence-electron chi connectivity index (χ3n) is 4.76. The first-order valence-corrected chi connectivity index (χ1v) is 9.60. The molecular formula is C23H28N2O3. The summed E-state index contributed by atoms with van der Waals surface area (Å²) in [5.41, 5.74) is 5.76. The molecule has 28 heavy (non-hydrogen) atoms. The predicted octanol–water partition coefficient (Wildman–Crippen LogP) is 4.43. The van der Waals surface area contributed by atoms with Crippen LogP contribution in [0.3, 0.4) is 0 Å². The van der Waals surface area contributed by atoms with Crippen molar-refractivity contribution in [1.29, 1.82) is 0 Å². The minimum atomic E-state index is -0.00739. The Labute approximate surface area is 166 Å². The van der Waals surface area contributed by atoms with Crippen molar-refractivity contribution in [3.63, 3.8) is 0 Å². The maximum atomic E-state index is 11.6. The summed E-state index contributed by atoms with van der Waals surface area (Å²) in [6, 6.07) is 13.9. The van der Waals surface area contributed by atoms with Gasteiger partial charge < -0.3 is 9.47 Å². The number of methoxy groups -OCH3 is 1. The highest BCUT2D eigenvalue weighted by Crippen LogP contribution is 2.29. The molecule has 1 N–H and O–H groups in total. The van der Waals surface area contributed by atoms with Gasteiger partial charge in [0, 0.05) is 11.5 Å². The van der Waals surface area contributed by atoms with E-state index in [-0.39, 0.29) is 17.2 Å². The molecule has 1 aliphatic carbocycles. The second kappa shape index (κ2) is 8.46. The highest BCUT2D eigenvalue weighted by molar-refractivity contribution is 5.84. The Morgan fingerprint density at radius 1 is 1.18 bits per heavy atom. The van der Waals surface area contributed by atoms with Crippen LogP contribution in [0.2, 0.25) is 0 Å². The number of hydrazone groups is 1. The molecule has 5 heteroatoms. The number of amides is 1. The number of hydrogen-bond donors (Lipinski definition) is 1. The molecule has 2 aromatic carbocycles. The summed E-state index contributed by atoms with van der Waals surface area (Å²) >= 11 is 0. The number of carbonyl (C=O) groups excluding carboxylic acids is 1. The van der Waals surface area contributed by atoms with Crippen LogP contribution < -0.4 is 14.9 Å². The van der Waals surface area contributed by atoms with Gasteiger partial charge in [0.05, 0.1) is 13.3 Å². The van der Waals surface area contributed by atoms with Gasteiger partial charge in [-0.1, -0.05) is 32.9 Å². The number of hydrogen-bond acceptors (Lipinski definition) is 4. The van der Waals surface area contributed by atoms with Crippen LogP contribution >= 0.6 is 0 Å². The molecule has 0 spiro atoms. The summed E-state index contributed by atoms with van der Waals surface area (Å²) in [6.07, 6.45) is 3.56. The minimum absolute atomic E-state index is 0.00739. The Kier molecular flexibility index (Phi) is 6.02. The molecule has 0 aromatic heterocycles. The van der Waals surface area contributed by atoms with E-state index in [0.717, 1.165) is 35.5 Å². The topological polar surface area (TPSA) is 59.9 Å². The van der Waals surface area contributed by atoms with Gasteiger partial charge in [0.2, 0.25) is 5.91 Å². The van der Waals surface area contributed by atoms with E-state index in [1.165, 1.54) is 5.56 Å². The third-order valence-corrected chi connectivity index (χ3v) is 4.76. The second-order valence-corrected chi connectivity index (χ2v) is 8.14. The first-order chi connectivity index (χ1) is 13.4. The Morgan fingerprint density at radius 2 is 1.89 bits per heavy atom. The van der Waals surface area contributed by atoms with Crippen LogP contribution in [-0.2, 0) is 16.8 Å². The van der Waals surface area contributed by atoms with E-state index in [2.05, 4.69) is 43.4 Å². The van der Waals surface area contributed by atoms with Gasteiger partial charge in [-0.25, -0.2) is 5.43 Å². The third kappa shape index (κ3) is 5.35. The summed E-state index contributed by atoms with van der Waals surface area (Å²) in [5, 5.41) is 4.04. The lowest BCUT2D eigenvalue weighted by atomic mass is 9.87. The molecule has 1 amide bonds. The number of benzene rings is 2. The predicted molar refractivity (Wildman–Crippen MR) is 111 cm³/mol. The van der Waals surface area contributed by atoms with E-state index in [4.69, 9.17) is 9.47 Å². The molecule has 1 saturated carbocycles. The Balaban J connectivity index is 1.64. The van der Waals surface area contributed by atoms with Crippen LogP contribution in [0.4, 0.5) is 0 Å². The van der Waals surface area contributed by atoms with Crippen molar-refractivity contribution in [3.8, 4) is 11.5 Å². The molecule has 0 bridgehead atoms. The van der Waals surface area contributed by atoms with Gasteiger partial charge in [-0.2, -0.15) is 5.10 Å². The molecule has 0 radical (unpaired) electrons.